The second-order valence-corrected chi connectivity index (χ2v) is 13.6. The van der Waals surface area contributed by atoms with E-state index in [-0.39, 0.29) is 5.75 Å². The normalized spacial score (nSPS) is 13.9. The monoisotopic (exact) mass is 647 g/mol. The zero-order chi connectivity index (χ0) is 34.1. The van der Waals surface area contributed by atoms with Gasteiger partial charge in [-0.15, -0.1) is 0 Å². The molecule has 0 spiro atoms. The molecule has 6 aromatic rings. The van der Waals surface area contributed by atoms with Crippen LogP contribution in [0, 0.1) is 26.6 Å². The number of hydrogen-bond acceptors (Lipinski definition) is 6. The molecule has 0 unspecified atom stereocenters. The summed E-state index contributed by atoms with van der Waals surface area (Å²) in [4.78, 5) is 22.6. The number of carboxylic acid groups (broad SMARTS) is 1. The van der Waals surface area contributed by atoms with Gasteiger partial charge < -0.3 is 19.1 Å². The SMILES string of the molecule is Cc1nc2c(cc(-c3ccnc(-c4ccc5[nH]ncc5c4C)c3)n2C)c(-c2cc(F)c3c(c2C)CCCO3)c1[C@H](OC(C)(C)C)C(=O)O. The quantitative estimate of drug-likeness (QED) is 0.187. The molecule has 0 saturated carbocycles. The Labute approximate surface area is 277 Å². The van der Waals surface area contributed by atoms with Gasteiger partial charge in [0.1, 0.15) is 5.65 Å². The number of aryl methyl sites for hydroxylation is 3. The topological polar surface area (TPSA) is 115 Å². The molecule has 0 fully saturated rings. The highest BCUT2D eigenvalue weighted by Crippen LogP contribution is 2.45. The zero-order valence-electron chi connectivity index (χ0n) is 28.2. The summed E-state index contributed by atoms with van der Waals surface area (Å²) in [6, 6.07) is 11.5. The summed E-state index contributed by atoms with van der Waals surface area (Å²) < 4.78 is 29.8. The molecule has 1 atom stereocenters. The molecule has 0 amide bonds. The first kappa shape index (κ1) is 31.5. The van der Waals surface area contributed by atoms with Gasteiger partial charge in [-0.3, -0.25) is 10.1 Å². The molecule has 246 valence electrons. The standard InChI is InChI=1S/C38H38FN5O4/c1-19-23(10-11-29-27(19)18-41-43-29)30-15-22(12-13-40-30)31-17-26-33(25-16-28(39)34-24(20(25)2)9-8-14-47-34)32(21(3)42-36(26)44(31)7)35(37(45)46)48-38(4,5)6/h10-13,15-18,35H,8-9,14H2,1-7H3,(H,41,43)(H,45,46)/t35-/m0/s1. The van der Waals surface area contributed by atoms with Crippen LogP contribution >= 0.6 is 0 Å². The average molecular weight is 648 g/mol. The van der Waals surface area contributed by atoms with Crippen molar-refractivity contribution in [2.45, 2.75) is 66.1 Å². The summed E-state index contributed by atoms with van der Waals surface area (Å²) in [5, 5.41) is 19.5. The number of pyridine rings is 2. The Morgan fingerprint density at radius 1 is 1.08 bits per heavy atom. The molecule has 0 saturated heterocycles. The van der Waals surface area contributed by atoms with Crippen LogP contribution in [-0.4, -0.2) is 48.0 Å². The van der Waals surface area contributed by atoms with E-state index in [2.05, 4.69) is 17.1 Å². The number of ether oxygens (including phenoxy) is 2. The van der Waals surface area contributed by atoms with Gasteiger partial charge in [0, 0.05) is 57.5 Å². The van der Waals surface area contributed by atoms with E-state index in [1.54, 1.807) is 13.1 Å². The van der Waals surface area contributed by atoms with Gasteiger partial charge in [0.15, 0.2) is 17.7 Å². The van der Waals surface area contributed by atoms with Crippen molar-refractivity contribution in [2.24, 2.45) is 7.05 Å². The lowest BCUT2D eigenvalue weighted by Crippen LogP contribution is -2.28. The first-order valence-corrected chi connectivity index (χ1v) is 16.1. The molecule has 0 radical (unpaired) electrons. The lowest BCUT2D eigenvalue weighted by atomic mass is 9.86. The Morgan fingerprint density at radius 2 is 1.88 bits per heavy atom. The summed E-state index contributed by atoms with van der Waals surface area (Å²) in [7, 11) is 1.94. The summed E-state index contributed by atoms with van der Waals surface area (Å²) in [5.41, 5.74) is 9.18. The zero-order valence-corrected chi connectivity index (χ0v) is 28.2. The molecular formula is C38H38FN5O4. The number of nitrogens with one attached hydrogen (secondary N) is 1. The van der Waals surface area contributed by atoms with Crippen molar-refractivity contribution in [3.05, 3.63) is 82.6 Å². The molecule has 0 aliphatic carbocycles. The highest BCUT2D eigenvalue weighted by molar-refractivity contribution is 6.01. The lowest BCUT2D eigenvalue weighted by Gasteiger charge is -2.29. The van der Waals surface area contributed by atoms with Crippen molar-refractivity contribution in [1.82, 2.24) is 24.7 Å². The fourth-order valence-corrected chi connectivity index (χ4v) is 7.02. The number of fused-ring (bicyclic) bond motifs is 3. The van der Waals surface area contributed by atoms with E-state index in [4.69, 9.17) is 19.4 Å². The van der Waals surface area contributed by atoms with Gasteiger partial charge in [-0.2, -0.15) is 5.10 Å². The molecule has 1 aliphatic rings. The van der Waals surface area contributed by atoms with Crippen LogP contribution in [0.15, 0.2) is 48.8 Å². The number of nitrogens with zero attached hydrogens (tertiary/aromatic N) is 4. The van der Waals surface area contributed by atoms with Crippen molar-refractivity contribution >= 4 is 27.9 Å². The Morgan fingerprint density at radius 3 is 2.62 bits per heavy atom. The number of H-pyrrole nitrogens is 1. The Bertz CT molecular complexity index is 2260. The molecule has 2 aromatic carbocycles. The lowest BCUT2D eigenvalue weighted by molar-refractivity contribution is -0.160. The molecule has 10 heteroatoms. The van der Waals surface area contributed by atoms with Gasteiger partial charge in [0.05, 0.1) is 35.3 Å². The molecule has 7 rings (SSSR count). The van der Waals surface area contributed by atoms with Crippen LogP contribution in [0.25, 0.3) is 55.6 Å². The van der Waals surface area contributed by atoms with Crippen molar-refractivity contribution in [2.75, 3.05) is 6.61 Å². The van der Waals surface area contributed by atoms with E-state index in [0.29, 0.717) is 46.4 Å². The molecule has 0 bridgehead atoms. The molecule has 4 aromatic heterocycles. The minimum atomic E-state index is -1.34. The van der Waals surface area contributed by atoms with Crippen LogP contribution in [0.2, 0.25) is 0 Å². The van der Waals surface area contributed by atoms with E-state index in [1.807, 2.05) is 75.8 Å². The van der Waals surface area contributed by atoms with Crippen LogP contribution in [0.5, 0.6) is 5.75 Å². The second kappa shape index (κ2) is 11.6. The number of aromatic amines is 1. The second-order valence-electron chi connectivity index (χ2n) is 13.6. The summed E-state index contributed by atoms with van der Waals surface area (Å²) in [6.07, 6.45) is 3.70. The minimum absolute atomic E-state index is 0.272. The van der Waals surface area contributed by atoms with E-state index in [0.717, 1.165) is 56.5 Å². The predicted octanol–water partition coefficient (Wildman–Crippen LogP) is 8.18. The fourth-order valence-electron chi connectivity index (χ4n) is 7.02. The summed E-state index contributed by atoms with van der Waals surface area (Å²) in [6.45, 7) is 11.7. The maximum Gasteiger partial charge on any atom is 0.337 e. The van der Waals surface area contributed by atoms with E-state index >= 15 is 4.39 Å². The van der Waals surface area contributed by atoms with Crippen molar-refractivity contribution in [3.63, 3.8) is 0 Å². The van der Waals surface area contributed by atoms with Crippen molar-refractivity contribution in [1.29, 1.82) is 0 Å². The maximum absolute atomic E-state index is 15.8. The third-order valence-corrected chi connectivity index (χ3v) is 9.29. The third kappa shape index (κ3) is 5.20. The Hall–Kier alpha value is -5.09. The number of carboxylic acids is 1. The van der Waals surface area contributed by atoms with Gasteiger partial charge in [-0.1, -0.05) is 6.07 Å². The number of aliphatic carboxylic acids is 1. The maximum atomic E-state index is 15.8. The molecule has 5 heterocycles. The van der Waals surface area contributed by atoms with Gasteiger partial charge >= 0.3 is 5.97 Å². The van der Waals surface area contributed by atoms with Crippen LogP contribution < -0.4 is 4.74 Å². The molecule has 9 nitrogen and oxygen atoms in total. The van der Waals surface area contributed by atoms with Gasteiger partial charge in [0.25, 0.3) is 0 Å². The average Bonchev–Trinajstić information content (AvgIpc) is 3.66. The fraction of sp³-hybridized carbons (Fsp3) is 0.316. The van der Waals surface area contributed by atoms with Gasteiger partial charge in [-0.05, 0) is 101 Å². The van der Waals surface area contributed by atoms with E-state index < -0.39 is 23.5 Å². The highest BCUT2D eigenvalue weighted by atomic mass is 19.1. The Kier molecular flexibility index (Phi) is 7.58. The predicted molar refractivity (Wildman–Crippen MR) is 184 cm³/mol. The van der Waals surface area contributed by atoms with Crippen molar-refractivity contribution in [3.8, 4) is 39.4 Å². The third-order valence-electron chi connectivity index (χ3n) is 9.29. The number of hydrogen-bond donors (Lipinski definition) is 2. The van der Waals surface area contributed by atoms with Crippen LogP contribution in [0.4, 0.5) is 4.39 Å². The summed E-state index contributed by atoms with van der Waals surface area (Å²) >= 11 is 0. The van der Waals surface area contributed by atoms with Crippen LogP contribution in [-0.2, 0) is 23.0 Å². The Balaban J connectivity index is 1.50. The number of aromatic nitrogens is 5. The van der Waals surface area contributed by atoms with Crippen molar-refractivity contribution < 1.29 is 23.8 Å². The first-order chi connectivity index (χ1) is 22.8. The molecule has 1 aliphatic heterocycles. The first-order valence-electron chi connectivity index (χ1n) is 16.1. The number of halogens is 1. The largest absolute Gasteiger partial charge is 0.490 e. The highest BCUT2D eigenvalue weighted by Gasteiger charge is 2.34. The molecule has 48 heavy (non-hydrogen) atoms. The number of rotatable bonds is 6. The van der Waals surface area contributed by atoms with E-state index in [1.165, 1.54) is 6.07 Å². The number of benzene rings is 2. The van der Waals surface area contributed by atoms with Gasteiger partial charge in [0.2, 0.25) is 0 Å². The van der Waals surface area contributed by atoms with E-state index in [9.17, 15) is 9.90 Å². The minimum Gasteiger partial charge on any atom is -0.490 e. The summed E-state index contributed by atoms with van der Waals surface area (Å²) in [5.74, 6) is -1.34. The smallest absolute Gasteiger partial charge is 0.337 e. The van der Waals surface area contributed by atoms with Crippen LogP contribution in [0.1, 0.15) is 61.2 Å². The molecule has 2 N–H and O–H groups in total. The number of carbonyl (C=O) groups is 1. The van der Waals surface area contributed by atoms with Gasteiger partial charge in [-0.25, -0.2) is 14.2 Å². The molecular weight excluding hydrogens is 609 g/mol. The van der Waals surface area contributed by atoms with Crippen LogP contribution in [0.3, 0.4) is 0 Å².